The first-order valence-electron chi connectivity index (χ1n) is 19.1. The molecule has 50 heavy (non-hydrogen) atoms. The van der Waals surface area contributed by atoms with E-state index in [0.717, 1.165) is 47.9 Å². The molecule has 0 bridgehead atoms. The van der Waals surface area contributed by atoms with Crippen LogP contribution >= 0.6 is 0 Å². The Morgan fingerprint density at radius 2 is 0.700 bits per heavy atom. The first-order valence-corrected chi connectivity index (χ1v) is 19.1. The lowest BCUT2D eigenvalue weighted by Gasteiger charge is -2.48. The van der Waals surface area contributed by atoms with Crippen molar-refractivity contribution < 1.29 is 20.4 Å². The molecule has 6 rings (SSSR count). The predicted octanol–water partition coefficient (Wildman–Crippen LogP) is 11.4. The van der Waals surface area contributed by atoms with Crippen LogP contribution in [0.4, 0.5) is 0 Å². The zero-order valence-corrected chi connectivity index (χ0v) is 31.1. The van der Waals surface area contributed by atoms with Crippen molar-refractivity contribution in [1.82, 2.24) is 0 Å². The second-order valence-electron chi connectivity index (χ2n) is 16.0. The van der Waals surface area contributed by atoms with Crippen molar-refractivity contribution in [3.8, 4) is 23.0 Å². The first-order chi connectivity index (χ1) is 23.9. The Hall–Kier alpha value is -3.92. The normalized spacial score (nSPS) is 19.2. The zero-order valence-electron chi connectivity index (χ0n) is 31.1. The van der Waals surface area contributed by atoms with Crippen molar-refractivity contribution >= 4 is 0 Å². The van der Waals surface area contributed by atoms with Gasteiger partial charge >= 0.3 is 0 Å². The van der Waals surface area contributed by atoms with Crippen molar-refractivity contribution in [2.75, 3.05) is 0 Å². The molecule has 2 unspecified atom stereocenters. The van der Waals surface area contributed by atoms with Gasteiger partial charge in [-0.25, -0.2) is 0 Å². The number of aromatic hydroxyl groups is 4. The summed E-state index contributed by atoms with van der Waals surface area (Å²) in [6.07, 6.45) is 11.3. The Morgan fingerprint density at radius 1 is 0.460 bits per heavy atom. The van der Waals surface area contributed by atoms with E-state index >= 15 is 0 Å². The molecule has 2 atom stereocenters. The standard InChI is InChI=1S/C46H58O4/c1-7-39(33-17-21-45(22-18-33,35-9-13-41(47)29(3)25-35)36-10-14-42(48)30(4)26-36)40(8-2)34-19-23-46(24-20-34,37-11-15-43(49)31(5)27-37)38-12-16-44(50)32(6)28-38/h9-16,25-28,33-34,39-40,47-50H,7-8,17-24H2,1-6H3. The molecule has 4 nitrogen and oxygen atoms in total. The molecule has 4 N–H and O–H groups in total. The molecule has 0 heterocycles. The molecular formula is C46H58O4. The summed E-state index contributed by atoms with van der Waals surface area (Å²) in [5, 5.41) is 41.6. The molecule has 0 amide bonds. The fourth-order valence-electron chi connectivity index (χ4n) is 10.4. The van der Waals surface area contributed by atoms with Crippen LogP contribution in [0.15, 0.2) is 72.8 Å². The molecule has 2 fully saturated rings. The van der Waals surface area contributed by atoms with Crippen molar-refractivity contribution in [2.45, 2.75) is 117 Å². The maximum absolute atomic E-state index is 10.4. The lowest BCUT2D eigenvalue weighted by molar-refractivity contribution is 0.0782. The van der Waals surface area contributed by atoms with Gasteiger partial charge in [0.15, 0.2) is 0 Å². The summed E-state index contributed by atoms with van der Waals surface area (Å²) in [7, 11) is 0. The smallest absolute Gasteiger partial charge is 0.118 e. The minimum Gasteiger partial charge on any atom is -0.508 e. The highest BCUT2D eigenvalue weighted by molar-refractivity contribution is 5.49. The number of hydrogen-bond donors (Lipinski definition) is 4. The van der Waals surface area contributed by atoms with Gasteiger partial charge in [-0.1, -0.05) is 75.2 Å². The van der Waals surface area contributed by atoms with Crippen molar-refractivity contribution in [1.29, 1.82) is 0 Å². The summed E-state index contributed by atoms with van der Waals surface area (Å²) in [4.78, 5) is 0. The van der Waals surface area contributed by atoms with Crippen molar-refractivity contribution in [3.63, 3.8) is 0 Å². The van der Waals surface area contributed by atoms with E-state index in [1.54, 1.807) is 0 Å². The lowest BCUT2D eigenvalue weighted by atomic mass is 9.56. The maximum Gasteiger partial charge on any atom is 0.118 e. The molecule has 266 valence electrons. The fourth-order valence-corrected chi connectivity index (χ4v) is 10.4. The van der Waals surface area contributed by atoms with Gasteiger partial charge in [0.1, 0.15) is 23.0 Å². The Kier molecular flexibility index (Phi) is 10.3. The summed E-state index contributed by atoms with van der Waals surface area (Å²) < 4.78 is 0. The van der Waals surface area contributed by atoms with Crippen LogP contribution in [0, 0.1) is 51.4 Å². The van der Waals surface area contributed by atoms with E-state index < -0.39 is 0 Å². The van der Waals surface area contributed by atoms with Crippen LogP contribution in [0.3, 0.4) is 0 Å². The third-order valence-electron chi connectivity index (χ3n) is 13.5. The maximum atomic E-state index is 10.4. The Bertz CT molecular complexity index is 1570. The third-order valence-corrected chi connectivity index (χ3v) is 13.5. The molecule has 2 aliphatic rings. The van der Waals surface area contributed by atoms with Crippen LogP contribution < -0.4 is 0 Å². The minimum absolute atomic E-state index is 0.137. The zero-order chi connectivity index (χ0) is 35.8. The molecule has 4 aromatic rings. The van der Waals surface area contributed by atoms with Crippen LogP contribution in [0.1, 0.15) is 123 Å². The molecule has 0 aromatic heterocycles. The third kappa shape index (κ3) is 6.51. The van der Waals surface area contributed by atoms with Gasteiger partial charge in [0.05, 0.1) is 0 Å². The average Bonchev–Trinajstić information content (AvgIpc) is 3.12. The Morgan fingerprint density at radius 3 is 0.900 bits per heavy atom. The second-order valence-corrected chi connectivity index (χ2v) is 16.0. The topological polar surface area (TPSA) is 80.9 Å². The average molecular weight is 675 g/mol. The highest BCUT2D eigenvalue weighted by atomic mass is 16.3. The number of phenolic OH excluding ortho intramolecular Hbond substituents is 4. The molecule has 0 radical (unpaired) electrons. The van der Waals surface area contributed by atoms with E-state index in [9.17, 15) is 20.4 Å². The largest absolute Gasteiger partial charge is 0.508 e. The van der Waals surface area contributed by atoms with E-state index in [4.69, 9.17) is 0 Å². The van der Waals surface area contributed by atoms with E-state index in [2.05, 4.69) is 62.4 Å². The van der Waals surface area contributed by atoms with E-state index in [1.807, 2.05) is 52.0 Å². The SMILES string of the molecule is CCC(C1CCC(c2ccc(O)c(C)c2)(c2ccc(O)c(C)c2)CC1)C(CC)C1CCC(c2ccc(O)c(C)c2)(c2ccc(O)c(C)c2)CC1. The molecule has 0 spiro atoms. The molecular weight excluding hydrogens is 617 g/mol. The lowest BCUT2D eigenvalue weighted by Crippen LogP contribution is -2.40. The molecule has 0 saturated heterocycles. The van der Waals surface area contributed by atoms with Crippen LogP contribution in [0.25, 0.3) is 0 Å². The summed E-state index contributed by atoms with van der Waals surface area (Å²) in [5.74, 6) is 4.04. The second kappa shape index (κ2) is 14.4. The van der Waals surface area contributed by atoms with Crippen LogP contribution in [0.5, 0.6) is 23.0 Å². The van der Waals surface area contributed by atoms with Gasteiger partial charge < -0.3 is 20.4 Å². The summed E-state index contributed by atoms with van der Waals surface area (Å²) >= 11 is 0. The predicted molar refractivity (Wildman–Crippen MR) is 204 cm³/mol. The van der Waals surface area contributed by atoms with Crippen LogP contribution in [-0.2, 0) is 10.8 Å². The number of rotatable bonds is 9. The van der Waals surface area contributed by atoms with Gasteiger partial charge in [0.2, 0.25) is 0 Å². The highest BCUT2D eigenvalue weighted by Crippen LogP contribution is 2.54. The summed E-state index contributed by atoms with van der Waals surface area (Å²) in [5.41, 5.74) is 8.46. The molecule has 4 aromatic carbocycles. The van der Waals surface area contributed by atoms with Crippen molar-refractivity contribution in [2.24, 2.45) is 23.7 Å². The highest BCUT2D eigenvalue weighted by Gasteiger charge is 2.45. The number of benzene rings is 4. The van der Waals surface area contributed by atoms with Crippen molar-refractivity contribution in [3.05, 3.63) is 117 Å². The van der Waals surface area contributed by atoms with Gasteiger partial charge in [-0.05, 0) is 172 Å². The Labute approximate surface area is 300 Å². The summed E-state index contributed by atoms with van der Waals surface area (Å²) in [6, 6.07) is 24.6. The van der Waals surface area contributed by atoms with Gasteiger partial charge in [-0.3, -0.25) is 0 Å². The van der Waals surface area contributed by atoms with Gasteiger partial charge in [0.25, 0.3) is 0 Å². The van der Waals surface area contributed by atoms with Gasteiger partial charge in [0, 0.05) is 10.8 Å². The molecule has 4 heteroatoms. The van der Waals surface area contributed by atoms with Crippen LogP contribution in [0.2, 0.25) is 0 Å². The first kappa shape index (κ1) is 35.9. The number of phenols is 4. The number of hydrogen-bond acceptors (Lipinski definition) is 4. The van der Waals surface area contributed by atoms with Gasteiger partial charge in [-0.2, -0.15) is 0 Å². The number of aryl methyl sites for hydroxylation is 4. The van der Waals surface area contributed by atoms with E-state index in [-0.39, 0.29) is 10.8 Å². The molecule has 2 aliphatic carbocycles. The quantitative estimate of drug-likeness (QED) is 0.142. The molecule has 0 aliphatic heterocycles. The Balaban J connectivity index is 1.25. The molecule has 2 saturated carbocycles. The van der Waals surface area contributed by atoms with E-state index in [0.29, 0.717) is 46.7 Å². The van der Waals surface area contributed by atoms with E-state index in [1.165, 1.54) is 60.8 Å². The summed E-state index contributed by atoms with van der Waals surface area (Å²) in [6.45, 7) is 12.8. The fraction of sp³-hybridized carbons (Fsp3) is 0.478. The van der Waals surface area contributed by atoms with Gasteiger partial charge in [-0.15, -0.1) is 0 Å². The van der Waals surface area contributed by atoms with Crippen LogP contribution in [-0.4, -0.2) is 20.4 Å². The minimum atomic E-state index is -0.137. The monoisotopic (exact) mass is 674 g/mol.